The number of rotatable bonds is 3. The van der Waals surface area contributed by atoms with Gasteiger partial charge in [0.2, 0.25) is 0 Å². The first kappa shape index (κ1) is 17.8. The van der Waals surface area contributed by atoms with Crippen molar-refractivity contribution in [3.05, 3.63) is 59.2 Å². The normalized spacial score (nSPS) is 19.6. The second-order valence-electron chi connectivity index (χ2n) is 7.67. The summed E-state index contributed by atoms with van der Waals surface area (Å²) in [5.74, 6) is 1.73. The monoisotopic (exact) mass is 387 g/mol. The molecule has 4 aromatic rings. The van der Waals surface area contributed by atoms with Crippen LogP contribution in [0.4, 0.5) is 5.69 Å². The lowest BCUT2D eigenvalue weighted by Crippen LogP contribution is -2.26. The molecule has 1 saturated heterocycles. The quantitative estimate of drug-likeness (QED) is 0.474. The number of pyridine rings is 1. The van der Waals surface area contributed by atoms with Crippen molar-refractivity contribution in [1.82, 2.24) is 19.7 Å². The molecular formula is C22H21N5O2. The van der Waals surface area contributed by atoms with Crippen molar-refractivity contribution in [2.45, 2.75) is 45.3 Å². The third-order valence-corrected chi connectivity index (χ3v) is 5.54. The number of aryl methyl sites for hydroxylation is 1. The first-order chi connectivity index (χ1) is 14.1. The lowest BCUT2D eigenvalue weighted by molar-refractivity contribution is 0.00630. The van der Waals surface area contributed by atoms with Crippen molar-refractivity contribution >= 4 is 27.6 Å². The lowest BCUT2D eigenvalue weighted by atomic mass is 10.0. The second-order valence-corrected chi connectivity index (χ2v) is 7.67. The van der Waals surface area contributed by atoms with Gasteiger partial charge in [-0.1, -0.05) is 11.2 Å². The standard InChI is InChI=1S/C22H21N5O2/c1-13-9-17(6-7-28-13)27-21(11-16-8-14(2)29-26-16)25-20-12-24-19-5-4-15(23-3)10-18(19)22(20)27/h4-5,8,10,12-13,17H,6-7,9,11H2,1-2H3/t13-,17-/m1/s1. The minimum Gasteiger partial charge on any atom is -0.378 e. The first-order valence-corrected chi connectivity index (χ1v) is 9.83. The van der Waals surface area contributed by atoms with E-state index < -0.39 is 0 Å². The van der Waals surface area contributed by atoms with Crippen molar-refractivity contribution in [3.8, 4) is 0 Å². The fourth-order valence-corrected chi connectivity index (χ4v) is 4.27. The van der Waals surface area contributed by atoms with Crippen LogP contribution in [0.15, 0.2) is 35.0 Å². The van der Waals surface area contributed by atoms with Crippen molar-refractivity contribution in [2.24, 2.45) is 0 Å². The Kier molecular flexibility index (Phi) is 4.29. The van der Waals surface area contributed by atoms with E-state index in [1.807, 2.05) is 37.4 Å². The molecule has 7 heteroatoms. The molecular weight excluding hydrogens is 366 g/mol. The van der Waals surface area contributed by atoms with E-state index in [1.54, 1.807) is 0 Å². The molecule has 1 fully saturated rings. The van der Waals surface area contributed by atoms with Crippen LogP contribution in [0.5, 0.6) is 0 Å². The largest absolute Gasteiger partial charge is 0.378 e. The zero-order chi connectivity index (χ0) is 20.0. The molecule has 4 heterocycles. The van der Waals surface area contributed by atoms with Gasteiger partial charge in [-0.3, -0.25) is 4.98 Å². The van der Waals surface area contributed by atoms with Gasteiger partial charge in [-0.25, -0.2) is 9.83 Å². The molecule has 0 unspecified atom stereocenters. The SMILES string of the molecule is [C-]#[N+]c1ccc2ncc3nc(Cc4cc(C)on4)n([C@@H]4CCO[C@H](C)C4)c3c2c1. The molecule has 2 atom stereocenters. The predicted molar refractivity (Wildman–Crippen MR) is 109 cm³/mol. The van der Waals surface area contributed by atoms with Gasteiger partial charge in [-0.2, -0.15) is 0 Å². The summed E-state index contributed by atoms with van der Waals surface area (Å²) in [7, 11) is 0. The number of aromatic nitrogens is 4. The molecule has 1 aromatic carbocycles. The van der Waals surface area contributed by atoms with Crippen molar-refractivity contribution < 1.29 is 9.26 Å². The molecule has 1 aliphatic rings. The predicted octanol–water partition coefficient (Wildman–Crippen LogP) is 4.76. The van der Waals surface area contributed by atoms with E-state index >= 15 is 0 Å². The lowest BCUT2D eigenvalue weighted by Gasteiger charge is -2.30. The van der Waals surface area contributed by atoms with Crippen molar-refractivity contribution in [3.63, 3.8) is 0 Å². The van der Waals surface area contributed by atoms with Gasteiger partial charge in [0.25, 0.3) is 0 Å². The minimum atomic E-state index is 0.195. The van der Waals surface area contributed by atoms with Crippen LogP contribution < -0.4 is 0 Å². The highest BCUT2D eigenvalue weighted by molar-refractivity contribution is 6.03. The van der Waals surface area contributed by atoms with Crippen LogP contribution in [-0.2, 0) is 11.2 Å². The number of imidazole rings is 1. The Morgan fingerprint density at radius 3 is 2.93 bits per heavy atom. The molecule has 1 aliphatic heterocycles. The van der Waals surface area contributed by atoms with Crippen molar-refractivity contribution in [1.29, 1.82) is 0 Å². The van der Waals surface area contributed by atoms with Gasteiger partial charge >= 0.3 is 0 Å². The summed E-state index contributed by atoms with van der Waals surface area (Å²) >= 11 is 0. The number of nitrogens with zero attached hydrogens (tertiary/aromatic N) is 5. The van der Waals surface area contributed by atoms with E-state index in [1.165, 1.54) is 0 Å². The summed E-state index contributed by atoms with van der Waals surface area (Å²) in [4.78, 5) is 13.1. The summed E-state index contributed by atoms with van der Waals surface area (Å²) in [6, 6.07) is 7.86. The smallest absolute Gasteiger partial charge is 0.188 e. The maximum atomic E-state index is 7.41. The van der Waals surface area contributed by atoms with Crippen LogP contribution in [-0.4, -0.2) is 32.4 Å². The molecule has 5 rings (SSSR count). The molecule has 146 valence electrons. The van der Waals surface area contributed by atoms with Gasteiger partial charge in [0.1, 0.15) is 17.1 Å². The van der Waals surface area contributed by atoms with E-state index in [0.717, 1.165) is 58.7 Å². The van der Waals surface area contributed by atoms with Gasteiger partial charge in [0.15, 0.2) is 5.69 Å². The number of benzene rings is 1. The molecule has 7 nitrogen and oxygen atoms in total. The Morgan fingerprint density at radius 1 is 1.28 bits per heavy atom. The maximum absolute atomic E-state index is 7.41. The highest BCUT2D eigenvalue weighted by atomic mass is 16.5. The molecule has 0 N–H and O–H groups in total. The van der Waals surface area contributed by atoms with E-state index in [0.29, 0.717) is 12.1 Å². The van der Waals surface area contributed by atoms with Gasteiger partial charge in [0.05, 0.1) is 42.0 Å². The van der Waals surface area contributed by atoms with Crippen LogP contribution in [0, 0.1) is 13.5 Å². The van der Waals surface area contributed by atoms with Gasteiger partial charge in [-0.05, 0) is 38.8 Å². The average molecular weight is 387 g/mol. The van der Waals surface area contributed by atoms with Gasteiger partial charge in [-0.15, -0.1) is 0 Å². The third-order valence-electron chi connectivity index (χ3n) is 5.54. The maximum Gasteiger partial charge on any atom is 0.188 e. The first-order valence-electron chi connectivity index (χ1n) is 9.83. The summed E-state index contributed by atoms with van der Waals surface area (Å²) in [6.07, 6.45) is 4.45. The Morgan fingerprint density at radius 2 is 2.17 bits per heavy atom. The van der Waals surface area contributed by atoms with Crippen molar-refractivity contribution in [2.75, 3.05) is 6.61 Å². The fraction of sp³-hybridized carbons (Fsp3) is 0.364. The third kappa shape index (κ3) is 3.15. The Balaban J connectivity index is 1.75. The summed E-state index contributed by atoms with van der Waals surface area (Å²) in [6.45, 7) is 12.1. The van der Waals surface area contributed by atoms with Crippen LogP contribution in [0.25, 0.3) is 26.8 Å². The van der Waals surface area contributed by atoms with Crippen LogP contribution in [0.1, 0.15) is 43.1 Å². The van der Waals surface area contributed by atoms with E-state index in [-0.39, 0.29) is 12.1 Å². The fourth-order valence-electron chi connectivity index (χ4n) is 4.27. The molecule has 29 heavy (non-hydrogen) atoms. The molecule has 0 spiro atoms. The van der Waals surface area contributed by atoms with Crippen LogP contribution in [0.3, 0.4) is 0 Å². The number of fused-ring (bicyclic) bond motifs is 3. The zero-order valence-electron chi connectivity index (χ0n) is 16.4. The summed E-state index contributed by atoms with van der Waals surface area (Å²) < 4.78 is 13.4. The Labute approximate surface area is 168 Å². The molecule has 0 radical (unpaired) electrons. The zero-order valence-corrected chi connectivity index (χ0v) is 16.4. The number of ether oxygens (including phenoxy) is 1. The van der Waals surface area contributed by atoms with Gasteiger partial charge in [0, 0.05) is 24.1 Å². The van der Waals surface area contributed by atoms with Crippen LogP contribution in [0.2, 0.25) is 0 Å². The van der Waals surface area contributed by atoms with Crippen LogP contribution >= 0.6 is 0 Å². The molecule has 0 bridgehead atoms. The van der Waals surface area contributed by atoms with E-state index in [4.69, 9.17) is 20.8 Å². The molecule has 3 aromatic heterocycles. The number of hydrogen-bond donors (Lipinski definition) is 0. The molecule has 0 saturated carbocycles. The average Bonchev–Trinajstić information content (AvgIpc) is 3.30. The Bertz CT molecular complexity index is 1250. The summed E-state index contributed by atoms with van der Waals surface area (Å²) in [5, 5.41) is 5.13. The second kappa shape index (κ2) is 6.98. The van der Waals surface area contributed by atoms with E-state index in [2.05, 4.69) is 26.5 Å². The topological polar surface area (TPSA) is 70.3 Å². The highest BCUT2D eigenvalue weighted by Gasteiger charge is 2.26. The highest BCUT2D eigenvalue weighted by Crippen LogP contribution is 2.35. The van der Waals surface area contributed by atoms with E-state index in [9.17, 15) is 0 Å². The molecule has 0 amide bonds. The minimum absolute atomic E-state index is 0.195. The Hall–Kier alpha value is -3.24. The number of hydrogen-bond acceptors (Lipinski definition) is 5. The summed E-state index contributed by atoms with van der Waals surface area (Å²) in [5.41, 5.74) is 4.21. The van der Waals surface area contributed by atoms with Gasteiger partial charge < -0.3 is 13.8 Å². The molecule has 0 aliphatic carbocycles.